The monoisotopic (exact) mass is 309 g/mol. The number of hydrogen-bond donors (Lipinski definition) is 1. The van der Waals surface area contributed by atoms with E-state index in [4.69, 9.17) is 4.74 Å². The molecule has 1 aliphatic carbocycles. The summed E-state index contributed by atoms with van der Waals surface area (Å²) in [6, 6.07) is -0.117. The Kier molecular flexibility index (Phi) is 6.62. The minimum absolute atomic E-state index is 0.117. The fourth-order valence-electron chi connectivity index (χ4n) is 2.41. The van der Waals surface area contributed by atoms with Crippen molar-refractivity contribution >= 4 is 27.8 Å². The Labute approximate surface area is 119 Å². The van der Waals surface area contributed by atoms with E-state index >= 15 is 0 Å². The van der Waals surface area contributed by atoms with Gasteiger partial charge in [-0.2, -0.15) is 11.8 Å². The van der Waals surface area contributed by atoms with E-state index < -0.39 is 27.2 Å². The zero-order valence-corrected chi connectivity index (χ0v) is 13.4. The average molecular weight is 309 g/mol. The van der Waals surface area contributed by atoms with E-state index in [0.717, 1.165) is 17.9 Å². The summed E-state index contributed by atoms with van der Waals surface area (Å²) in [7, 11) is -2.15. The number of methoxy groups -OCH3 is 1. The first kappa shape index (κ1) is 16.8. The summed E-state index contributed by atoms with van der Waals surface area (Å²) in [5.41, 5.74) is 0. The maximum Gasteiger partial charge on any atom is 0.310 e. The highest BCUT2D eigenvalue weighted by atomic mass is 32.2. The normalized spacial score (nSPS) is 25.2. The summed E-state index contributed by atoms with van der Waals surface area (Å²) in [5.74, 6) is 0.767. The summed E-state index contributed by atoms with van der Waals surface area (Å²) < 4.78 is 32.0. The van der Waals surface area contributed by atoms with E-state index in [0.29, 0.717) is 12.8 Å². The smallest absolute Gasteiger partial charge is 0.310 e. The molecule has 1 N–H and O–H groups in total. The van der Waals surface area contributed by atoms with E-state index in [1.165, 1.54) is 7.11 Å². The van der Waals surface area contributed by atoms with Gasteiger partial charge in [0.15, 0.2) is 0 Å². The number of rotatable bonds is 7. The molecule has 1 aliphatic rings. The van der Waals surface area contributed by atoms with Crippen LogP contribution < -0.4 is 4.72 Å². The Morgan fingerprint density at radius 3 is 2.74 bits per heavy atom. The second kappa shape index (κ2) is 7.50. The van der Waals surface area contributed by atoms with Crippen LogP contribution in [0, 0.1) is 5.92 Å². The van der Waals surface area contributed by atoms with Crippen molar-refractivity contribution in [3.63, 3.8) is 0 Å². The minimum Gasteiger partial charge on any atom is -0.469 e. The molecule has 1 rings (SSSR count). The van der Waals surface area contributed by atoms with Gasteiger partial charge in [-0.25, -0.2) is 13.1 Å². The van der Waals surface area contributed by atoms with Crippen LogP contribution >= 0.6 is 11.8 Å². The van der Waals surface area contributed by atoms with E-state index in [2.05, 4.69) is 4.72 Å². The van der Waals surface area contributed by atoms with Crippen molar-refractivity contribution in [3.8, 4) is 0 Å². The van der Waals surface area contributed by atoms with E-state index in [-0.39, 0.29) is 6.04 Å². The molecule has 1 fully saturated rings. The molecule has 0 radical (unpaired) electrons. The largest absolute Gasteiger partial charge is 0.469 e. The van der Waals surface area contributed by atoms with Crippen LogP contribution in [0.4, 0.5) is 0 Å². The lowest BCUT2D eigenvalue weighted by Crippen LogP contribution is -2.43. The third kappa shape index (κ3) is 4.65. The van der Waals surface area contributed by atoms with Crippen molar-refractivity contribution in [2.75, 3.05) is 18.6 Å². The summed E-state index contributed by atoms with van der Waals surface area (Å²) in [5, 5.41) is -0.644. The molecule has 3 atom stereocenters. The third-order valence-electron chi connectivity index (χ3n) is 3.29. The maximum absolute atomic E-state index is 12.3. The molecule has 19 heavy (non-hydrogen) atoms. The highest BCUT2D eigenvalue weighted by Gasteiger charge is 2.42. The van der Waals surface area contributed by atoms with Gasteiger partial charge in [-0.15, -0.1) is 0 Å². The summed E-state index contributed by atoms with van der Waals surface area (Å²) >= 11 is 1.69. The molecule has 112 valence electrons. The Morgan fingerprint density at radius 1 is 1.47 bits per heavy atom. The Bertz CT molecular complexity index is 397. The number of nitrogens with one attached hydrogen (secondary N) is 1. The van der Waals surface area contributed by atoms with Gasteiger partial charge in [-0.3, -0.25) is 4.79 Å². The first-order chi connectivity index (χ1) is 8.92. The number of thioether (sulfide) groups is 1. The van der Waals surface area contributed by atoms with E-state index in [9.17, 15) is 13.2 Å². The fraction of sp³-hybridized carbons (Fsp3) is 0.917. The summed E-state index contributed by atoms with van der Waals surface area (Å²) in [4.78, 5) is 11.6. The van der Waals surface area contributed by atoms with Gasteiger partial charge in [0.1, 0.15) is 0 Å². The van der Waals surface area contributed by atoms with Gasteiger partial charge in [-0.1, -0.05) is 13.3 Å². The topological polar surface area (TPSA) is 72.5 Å². The summed E-state index contributed by atoms with van der Waals surface area (Å²) in [6.07, 6.45) is 1.88. The van der Waals surface area contributed by atoms with Crippen LogP contribution in [0.2, 0.25) is 0 Å². The van der Waals surface area contributed by atoms with Gasteiger partial charge < -0.3 is 4.74 Å². The predicted octanol–water partition coefficient (Wildman–Crippen LogP) is 1.39. The molecule has 0 aromatic carbocycles. The zero-order valence-electron chi connectivity index (χ0n) is 11.7. The Hall–Kier alpha value is -0.270. The van der Waals surface area contributed by atoms with Crippen LogP contribution in [0.1, 0.15) is 33.1 Å². The van der Waals surface area contributed by atoms with Gasteiger partial charge in [0, 0.05) is 11.8 Å². The van der Waals surface area contributed by atoms with Crippen LogP contribution in [0.3, 0.4) is 0 Å². The highest BCUT2D eigenvalue weighted by Crippen LogP contribution is 2.31. The number of esters is 1. The standard InChI is InChI=1S/C12H23NO4S2/c1-4-18-8-9(2)13-19(15,16)11-7-5-6-10(11)12(14)17-3/h9-11,13H,4-8H2,1-3H3. The molecule has 5 nitrogen and oxygen atoms in total. The SMILES string of the molecule is CCSCC(C)NS(=O)(=O)C1CCCC1C(=O)OC. The molecule has 3 unspecified atom stereocenters. The number of ether oxygens (including phenoxy) is 1. The molecule has 0 heterocycles. The van der Waals surface area contributed by atoms with Crippen LogP contribution in [-0.4, -0.2) is 44.3 Å². The lowest BCUT2D eigenvalue weighted by atomic mass is 10.1. The molecule has 0 aromatic rings. The van der Waals surface area contributed by atoms with Crippen molar-refractivity contribution < 1.29 is 17.9 Å². The lowest BCUT2D eigenvalue weighted by molar-refractivity contribution is -0.145. The molecular weight excluding hydrogens is 286 g/mol. The first-order valence-electron chi connectivity index (χ1n) is 6.59. The van der Waals surface area contributed by atoms with Crippen molar-refractivity contribution in [2.45, 2.75) is 44.4 Å². The number of carbonyl (C=O) groups is 1. The predicted molar refractivity (Wildman–Crippen MR) is 77.7 cm³/mol. The van der Waals surface area contributed by atoms with Crippen molar-refractivity contribution in [1.82, 2.24) is 4.72 Å². The first-order valence-corrected chi connectivity index (χ1v) is 9.29. The number of carbonyl (C=O) groups excluding carboxylic acids is 1. The van der Waals surface area contributed by atoms with E-state index in [1.54, 1.807) is 11.8 Å². The molecule has 1 saturated carbocycles. The van der Waals surface area contributed by atoms with Gasteiger partial charge in [-0.05, 0) is 25.5 Å². The Balaban J connectivity index is 2.68. The number of hydrogen-bond acceptors (Lipinski definition) is 5. The fourth-order valence-corrected chi connectivity index (χ4v) is 5.17. The van der Waals surface area contributed by atoms with E-state index in [1.807, 2.05) is 13.8 Å². The average Bonchev–Trinajstić information content (AvgIpc) is 2.84. The molecule has 0 spiro atoms. The van der Waals surface area contributed by atoms with Gasteiger partial charge in [0.2, 0.25) is 10.0 Å². The lowest BCUT2D eigenvalue weighted by Gasteiger charge is -2.21. The maximum atomic E-state index is 12.3. The van der Waals surface area contributed by atoms with Gasteiger partial charge in [0.05, 0.1) is 18.3 Å². The third-order valence-corrected chi connectivity index (χ3v) is 6.53. The molecule has 7 heteroatoms. The van der Waals surface area contributed by atoms with Crippen molar-refractivity contribution in [2.24, 2.45) is 5.92 Å². The molecular formula is C12H23NO4S2. The molecule has 0 amide bonds. The molecule has 0 aliphatic heterocycles. The van der Waals surface area contributed by atoms with Crippen LogP contribution in [0.15, 0.2) is 0 Å². The van der Waals surface area contributed by atoms with Gasteiger partial charge >= 0.3 is 5.97 Å². The Morgan fingerprint density at radius 2 is 2.16 bits per heavy atom. The van der Waals surface area contributed by atoms with Crippen LogP contribution in [-0.2, 0) is 19.6 Å². The second-order valence-corrected chi connectivity index (χ2v) is 8.07. The van der Waals surface area contributed by atoms with Crippen molar-refractivity contribution in [3.05, 3.63) is 0 Å². The molecule has 0 bridgehead atoms. The molecule has 0 aromatic heterocycles. The number of sulfonamides is 1. The minimum atomic E-state index is -3.46. The van der Waals surface area contributed by atoms with Gasteiger partial charge in [0.25, 0.3) is 0 Å². The highest BCUT2D eigenvalue weighted by molar-refractivity contribution is 7.99. The van der Waals surface area contributed by atoms with Crippen molar-refractivity contribution in [1.29, 1.82) is 0 Å². The quantitative estimate of drug-likeness (QED) is 0.720. The van der Waals surface area contributed by atoms with Crippen LogP contribution in [0.5, 0.6) is 0 Å². The summed E-state index contributed by atoms with van der Waals surface area (Å²) in [6.45, 7) is 3.89. The zero-order chi connectivity index (χ0) is 14.5. The molecule has 0 saturated heterocycles. The second-order valence-electron chi connectivity index (χ2n) is 4.82. The van der Waals surface area contributed by atoms with Crippen LogP contribution in [0.25, 0.3) is 0 Å².